The van der Waals surface area contributed by atoms with Gasteiger partial charge in [0.1, 0.15) is 9.84 Å². The molecule has 1 N–H and O–H groups in total. The molecule has 1 unspecified atom stereocenters. The molecule has 120 valence electrons. The van der Waals surface area contributed by atoms with Crippen LogP contribution in [0, 0.1) is 6.92 Å². The van der Waals surface area contributed by atoms with Crippen molar-refractivity contribution in [1.82, 2.24) is 5.32 Å². The van der Waals surface area contributed by atoms with Gasteiger partial charge in [0.05, 0.1) is 5.75 Å². The molecule has 0 radical (unpaired) electrons. The zero-order chi connectivity index (χ0) is 15.9. The minimum atomic E-state index is -2.87. The quantitative estimate of drug-likeness (QED) is 0.708. The number of hydrogen-bond acceptors (Lipinski definition) is 3. The number of aryl methyl sites for hydroxylation is 1. The number of sulfone groups is 1. The van der Waals surface area contributed by atoms with Gasteiger partial charge in [-0.15, -0.1) is 0 Å². The molecule has 1 aromatic rings. The van der Waals surface area contributed by atoms with Crippen molar-refractivity contribution in [3.05, 3.63) is 33.8 Å². The lowest BCUT2D eigenvalue weighted by molar-refractivity contribution is 0.490. The van der Waals surface area contributed by atoms with Crippen molar-refractivity contribution >= 4 is 25.8 Å². The van der Waals surface area contributed by atoms with E-state index in [4.69, 9.17) is 0 Å². The summed E-state index contributed by atoms with van der Waals surface area (Å²) in [5, 5.41) is 3.54. The first-order valence-corrected chi connectivity index (χ1v) is 10.2. The van der Waals surface area contributed by atoms with E-state index in [1.54, 1.807) is 6.92 Å². The van der Waals surface area contributed by atoms with Crippen LogP contribution in [0.15, 0.2) is 22.7 Å². The van der Waals surface area contributed by atoms with Crippen molar-refractivity contribution in [3.63, 3.8) is 0 Å². The Morgan fingerprint density at radius 3 is 2.57 bits per heavy atom. The van der Waals surface area contributed by atoms with E-state index in [1.165, 1.54) is 11.1 Å². The maximum atomic E-state index is 11.6. The lowest BCUT2D eigenvalue weighted by Gasteiger charge is -2.21. The predicted molar refractivity (Wildman–Crippen MR) is 93.5 cm³/mol. The highest BCUT2D eigenvalue weighted by Crippen LogP contribution is 2.25. The lowest BCUT2D eigenvalue weighted by atomic mass is 9.97. The van der Waals surface area contributed by atoms with Gasteiger partial charge >= 0.3 is 0 Å². The zero-order valence-corrected chi connectivity index (χ0v) is 15.6. The predicted octanol–water partition coefficient (Wildman–Crippen LogP) is 4.01. The molecule has 3 nitrogen and oxygen atoms in total. The normalized spacial score (nSPS) is 13.3. The van der Waals surface area contributed by atoms with Gasteiger partial charge in [0.2, 0.25) is 0 Å². The van der Waals surface area contributed by atoms with Gasteiger partial charge in [-0.2, -0.15) is 0 Å². The van der Waals surface area contributed by atoms with Gasteiger partial charge in [0.25, 0.3) is 0 Å². The highest BCUT2D eigenvalue weighted by atomic mass is 79.9. The van der Waals surface area contributed by atoms with Crippen LogP contribution in [0.25, 0.3) is 0 Å². The second kappa shape index (κ2) is 8.91. The lowest BCUT2D eigenvalue weighted by Crippen LogP contribution is -2.23. The third-order valence-electron chi connectivity index (χ3n) is 3.64. The van der Waals surface area contributed by atoms with Crippen LogP contribution in [-0.2, 0) is 9.84 Å². The average molecular weight is 376 g/mol. The Kier molecular flexibility index (Phi) is 7.92. The summed E-state index contributed by atoms with van der Waals surface area (Å²) in [5.74, 6) is 0.515. The SMILES string of the molecule is CCCNC(CCCS(=O)(=O)CC)c1ccc(Br)cc1C. The van der Waals surface area contributed by atoms with Gasteiger partial charge in [-0.3, -0.25) is 0 Å². The Labute approximate surface area is 137 Å². The van der Waals surface area contributed by atoms with Crippen LogP contribution in [0.1, 0.15) is 50.3 Å². The molecule has 0 aliphatic rings. The van der Waals surface area contributed by atoms with Crippen LogP contribution >= 0.6 is 15.9 Å². The Bertz CT molecular complexity index is 543. The van der Waals surface area contributed by atoms with Crippen LogP contribution in [0.4, 0.5) is 0 Å². The van der Waals surface area contributed by atoms with Crippen LogP contribution in [0.2, 0.25) is 0 Å². The fourth-order valence-corrected chi connectivity index (χ4v) is 3.74. The highest BCUT2D eigenvalue weighted by molar-refractivity contribution is 9.10. The van der Waals surface area contributed by atoms with Crippen LogP contribution in [-0.4, -0.2) is 26.5 Å². The van der Waals surface area contributed by atoms with E-state index in [9.17, 15) is 8.42 Å². The fraction of sp³-hybridized carbons (Fsp3) is 0.625. The molecule has 1 atom stereocenters. The van der Waals surface area contributed by atoms with Crippen molar-refractivity contribution < 1.29 is 8.42 Å². The second-order valence-corrected chi connectivity index (χ2v) is 8.77. The third-order valence-corrected chi connectivity index (χ3v) is 5.92. The Morgan fingerprint density at radius 2 is 2.00 bits per heavy atom. The van der Waals surface area contributed by atoms with Crippen molar-refractivity contribution in [2.45, 2.75) is 46.1 Å². The second-order valence-electron chi connectivity index (χ2n) is 5.39. The van der Waals surface area contributed by atoms with E-state index in [1.807, 2.05) is 6.07 Å². The molecule has 0 bridgehead atoms. The van der Waals surface area contributed by atoms with Crippen LogP contribution < -0.4 is 5.32 Å². The summed E-state index contributed by atoms with van der Waals surface area (Å²) in [7, 11) is -2.87. The summed E-state index contributed by atoms with van der Waals surface area (Å²) in [6, 6.07) is 6.51. The van der Waals surface area contributed by atoms with E-state index < -0.39 is 9.84 Å². The minimum absolute atomic E-state index is 0.227. The van der Waals surface area contributed by atoms with E-state index in [0.29, 0.717) is 6.42 Å². The zero-order valence-electron chi connectivity index (χ0n) is 13.2. The molecule has 0 aliphatic heterocycles. The maximum absolute atomic E-state index is 11.6. The van der Waals surface area contributed by atoms with Crippen molar-refractivity contribution in [1.29, 1.82) is 0 Å². The summed E-state index contributed by atoms with van der Waals surface area (Å²) in [4.78, 5) is 0. The van der Waals surface area contributed by atoms with E-state index in [-0.39, 0.29) is 17.5 Å². The number of benzene rings is 1. The van der Waals surface area contributed by atoms with Gasteiger partial charge in [-0.25, -0.2) is 8.42 Å². The number of hydrogen-bond donors (Lipinski definition) is 1. The monoisotopic (exact) mass is 375 g/mol. The molecule has 0 spiro atoms. The molecule has 1 aromatic carbocycles. The standard InChI is InChI=1S/C16H26BrNO2S/c1-4-10-18-16(7-6-11-21(19,20)5-2)15-9-8-14(17)12-13(15)3/h8-9,12,16,18H,4-7,10-11H2,1-3H3. The average Bonchev–Trinajstić information content (AvgIpc) is 2.43. The number of halogens is 1. The van der Waals surface area contributed by atoms with Crippen molar-refractivity contribution in [2.75, 3.05) is 18.1 Å². The molecule has 5 heteroatoms. The molecular weight excluding hydrogens is 350 g/mol. The highest BCUT2D eigenvalue weighted by Gasteiger charge is 2.15. The maximum Gasteiger partial charge on any atom is 0.150 e. The Hall–Kier alpha value is -0.390. The molecule has 0 heterocycles. The molecule has 21 heavy (non-hydrogen) atoms. The summed E-state index contributed by atoms with van der Waals surface area (Å²) in [6.45, 7) is 6.89. The largest absolute Gasteiger partial charge is 0.310 e. The smallest absolute Gasteiger partial charge is 0.150 e. The minimum Gasteiger partial charge on any atom is -0.310 e. The Balaban J connectivity index is 2.76. The van der Waals surface area contributed by atoms with E-state index in [2.05, 4.69) is 47.2 Å². The summed E-state index contributed by atoms with van der Waals surface area (Å²) in [5.41, 5.74) is 2.50. The molecule has 0 aliphatic carbocycles. The third kappa shape index (κ3) is 6.49. The first-order valence-electron chi connectivity index (χ1n) is 7.59. The summed E-state index contributed by atoms with van der Waals surface area (Å²) >= 11 is 3.49. The van der Waals surface area contributed by atoms with Gasteiger partial charge in [-0.1, -0.05) is 35.8 Å². The first kappa shape index (κ1) is 18.7. The molecule has 0 saturated heterocycles. The van der Waals surface area contributed by atoms with Crippen LogP contribution in [0.3, 0.4) is 0 Å². The van der Waals surface area contributed by atoms with Gasteiger partial charge in [-0.05, 0) is 56.0 Å². The first-order chi connectivity index (χ1) is 9.89. The number of rotatable bonds is 9. The molecule has 0 fully saturated rings. The van der Waals surface area contributed by atoms with Crippen LogP contribution in [0.5, 0.6) is 0 Å². The molecule has 1 rings (SSSR count). The Morgan fingerprint density at radius 1 is 1.29 bits per heavy atom. The number of nitrogens with one attached hydrogen (secondary N) is 1. The van der Waals surface area contributed by atoms with E-state index >= 15 is 0 Å². The molecule has 0 saturated carbocycles. The topological polar surface area (TPSA) is 46.2 Å². The van der Waals surface area contributed by atoms with Gasteiger partial charge in [0.15, 0.2) is 0 Å². The molecule has 0 aromatic heterocycles. The molecular formula is C16H26BrNO2S. The summed E-state index contributed by atoms with van der Waals surface area (Å²) < 4.78 is 24.3. The van der Waals surface area contributed by atoms with Gasteiger partial charge in [0, 0.05) is 16.3 Å². The van der Waals surface area contributed by atoms with Crippen molar-refractivity contribution in [2.24, 2.45) is 0 Å². The van der Waals surface area contributed by atoms with Gasteiger partial charge < -0.3 is 5.32 Å². The fourth-order valence-electron chi connectivity index (χ4n) is 2.37. The van der Waals surface area contributed by atoms with Crippen molar-refractivity contribution in [3.8, 4) is 0 Å². The van der Waals surface area contributed by atoms with E-state index in [0.717, 1.165) is 23.9 Å². The summed E-state index contributed by atoms with van der Waals surface area (Å²) in [6.07, 6.45) is 2.62. The molecule has 0 amide bonds.